The summed E-state index contributed by atoms with van der Waals surface area (Å²) in [5.41, 5.74) is 2.77. The standard InChI is InChI=1S/C14H21BrN2/c1-10-6-7-17(9-10)14-5-4-12(15)8-13(14)11(2)16-3/h4-5,8,10-11,16H,6-7,9H2,1-3H3. The monoisotopic (exact) mass is 296 g/mol. The van der Waals surface area contributed by atoms with Gasteiger partial charge in [0.25, 0.3) is 0 Å². The van der Waals surface area contributed by atoms with Crippen molar-refractivity contribution < 1.29 is 0 Å². The third kappa shape index (κ3) is 2.83. The third-order valence-electron chi connectivity index (χ3n) is 3.65. The molecule has 0 amide bonds. The van der Waals surface area contributed by atoms with E-state index in [4.69, 9.17) is 0 Å². The van der Waals surface area contributed by atoms with Crippen molar-refractivity contribution in [2.75, 3.05) is 25.0 Å². The van der Waals surface area contributed by atoms with Crippen molar-refractivity contribution in [1.82, 2.24) is 5.32 Å². The molecular formula is C14H21BrN2. The van der Waals surface area contributed by atoms with Gasteiger partial charge in [-0.15, -0.1) is 0 Å². The van der Waals surface area contributed by atoms with Crippen molar-refractivity contribution in [3.63, 3.8) is 0 Å². The number of hydrogen-bond donors (Lipinski definition) is 1. The summed E-state index contributed by atoms with van der Waals surface area (Å²) in [5, 5.41) is 3.34. The normalized spacial score (nSPS) is 21.9. The maximum absolute atomic E-state index is 3.57. The van der Waals surface area contributed by atoms with Crippen molar-refractivity contribution in [2.24, 2.45) is 5.92 Å². The van der Waals surface area contributed by atoms with Gasteiger partial charge in [-0.2, -0.15) is 0 Å². The highest BCUT2D eigenvalue weighted by Crippen LogP contribution is 2.32. The van der Waals surface area contributed by atoms with E-state index < -0.39 is 0 Å². The summed E-state index contributed by atoms with van der Waals surface area (Å²) >= 11 is 3.57. The Kier molecular flexibility index (Phi) is 4.10. The maximum atomic E-state index is 3.57. The van der Waals surface area contributed by atoms with Crippen LogP contribution in [-0.2, 0) is 0 Å². The highest BCUT2D eigenvalue weighted by Gasteiger charge is 2.22. The first kappa shape index (κ1) is 12.9. The van der Waals surface area contributed by atoms with E-state index in [1.165, 1.54) is 30.8 Å². The van der Waals surface area contributed by atoms with Crippen molar-refractivity contribution in [1.29, 1.82) is 0 Å². The Hall–Kier alpha value is -0.540. The van der Waals surface area contributed by atoms with E-state index in [0.29, 0.717) is 6.04 Å². The lowest BCUT2D eigenvalue weighted by Crippen LogP contribution is -2.23. The van der Waals surface area contributed by atoms with Crippen molar-refractivity contribution in [2.45, 2.75) is 26.3 Å². The molecular weight excluding hydrogens is 276 g/mol. The van der Waals surface area contributed by atoms with Gasteiger partial charge in [0.2, 0.25) is 0 Å². The van der Waals surface area contributed by atoms with Crippen LogP contribution in [0.5, 0.6) is 0 Å². The van der Waals surface area contributed by atoms with Gasteiger partial charge >= 0.3 is 0 Å². The van der Waals surface area contributed by atoms with Crippen LogP contribution in [0.1, 0.15) is 31.9 Å². The fourth-order valence-corrected chi connectivity index (χ4v) is 2.85. The summed E-state index contributed by atoms with van der Waals surface area (Å²) in [6, 6.07) is 7.01. The van der Waals surface area contributed by atoms with Crippen LogP contribution in [0, 0.1) is 5.92 Å². The van der Waals surface area contributed by atoms with E-state index in [1.807, 2.05) is 7.05 Å². The first-order valence-corrected chi connectivity index (χ1v) is 7.12. The van der Waals surface area contributed by atoms with Crippen LogP contribution in [0.3, 0.4) is 0 Å². The largest absolute Gasteiger partial charge is 0.371 e. The number of rotatable bonds is 3. The van der Waals surface area contributed by atoms with Crippen LogP contribution in [-0.4, -0.2) is 20.1 Å². The Morgan fingerprint density at radius 3 is 2.82 bits per heavy atom. The van der Waals surface area contributed by atoms with Gasteiger partial charge in [0, 0.05) is 29.3 Å². The summed E-state index contributed by atoms with van der Waals surface area (Å²) < 4.78 is 1.16. The maximum Gasteiger partial charge on any atom is 0.0415 e. The zero-order chi connectivity index (χ0) is 12.4. The van der Waals surface area contributed by atoms with E-state index in [-0.39, 0.29) is 0 Å². The molecule has 0 aliphatic carbocycles. The molecule has 1 heterocycles. The van der Waals surface area contributed by atoms with Crippen LogP contribution in [0.2, 0.25) is 0 Å². The summed E-state index contributed by atoms with van der Waals surface area (Å²) in [6.07, 6.45) is 1.31. The van der Waals surface area contributed by atoms with Gasteiger partial charge in [-0.25, -0.2) is 0 Å². The minimum atomic E-state index is 0.387. The van der Waals surface area contributed by atoms with Crippen LogP contribution in [0.15, 0.2) is 22.7 Å². The predicted octanol–water partition coefficient (Wildman–Crippen LogP) is 3.58. The summed E-state index contributed by atoms with van der Waals surface area (Å²) in [5.74, 6) is 0.816. The van der Waals surface area contributed by atoms with Gasteiger partial charge in [0.1, 0.15) is 0 Å². The molecule has 1 aromatic carbocycles. The minimum Gasteiger partial charge on any atom is -0.371 e. The van der Waals surface area contributed by atoms with Crippen LogP contribution in [0.4, 0.5) is 5.69 Å². The molecule has 2 unspecified atom stereocenters. The second-order valence-corrected chi connectivity index (χ2v) is 5.97. The van der Waals surface area contributed by atoms with Crippen LogP contribution >= 0.6 is 15.9 Å². The zero-order valence-electron chi connectivity index (χ0n) is 10.8. The Morgan fingerprint density at radius 2 is 2.24 bits per heavy atom. The molecule has 1 aromatic rings. The number of halogens is 1. The van der Waals surface area contributed by atoms with Gasteiger partial charge in [-0.05, 0) is 50.1 Å². The van der Waals surface area contributed by atoms with E-state index in [0.717, 1.165) is 10.4 Å². The van der Waals surface area contributed by atoms with Gasteiger partial charge in [-0.3, -0.25) is 0 Å². The molecule has 94 valence electrons. The van der Waals surface area contributed by atoms with E-state index in [2.05, 4.69) is 58.2 Å². The molecule has 2 nitrogen and oxygen atoms in total. The average molecular weight is 297 g/mol. The van der Waals surface area contributed by atoms with Crippen LogP contribution < -0.4 is 10.2 Å². The van der Waals surface area contributed by atoms with Gasteiger partial charge < -0.3 is 10.2 Å². The molecule has 0 radical (unpaired) electrons. The van der Waals surface area contributed by atoms with Gasteiger partial charge in [-0.1, -0.05) is 22.9 Å². The lowest BCUT2D eigenvalue weighted by atomic mass is 10.1. The number of anilines is 1. The highest BCUT2D eigenvalue weighted by atomic mass is 79.9. The van der Waals surface area contributed by atoms with Crippen molar-refractivity contribution >= 4 is 21.6 Å². The number of nitrogens with one attached hydrogen (secondary N) is 1. The number of benzene rings is 1. The molecule has 1 saturated heterocycles. The first-order valence-electron chi connectivity index (χ1n) is 6.33. The van der Waals surface area contributed by atoms with Gasteiger partial charge in [0.05, 0.1) is 0 Å². The molecule has 1 N–H and O–H groups in total. The summed E-state index contributed by atoms with van der Waals surface area (Å²) in [6.45, 7) is 6.92. The van der Waals surface area contributed by atoms with Gasteiger partial charge in [0.15, 0.2) is 0 Å². The molecule has 17 heavy (non-hydrogen) atoms. The average Bonchev–Trinajstić information content (AvgIpc) is 2.74. The Morgan fingerprint density at radius 1 is 1.47 bits per heavy atom. The molecule has 0 bridgehead atoms. The SMILES string of the molecule is CNC(C)c1cc(Br)ccc1N1CCC(C)C1. The highest BCUT2D eigenvalue weighted by molar-refractivity contribution is 9.10. The summed E-state index contributed by atoms with van der Waals surface area (Å²) in [4.78, 5) is 2.51. The van der Waals surface area contributed by atoms with Crippen molar-refractivity contribution in [3.05, 3.63) is 28.2 Å². The quantitative estimate of drug-likeness (QED) is 0.917. The molecule has 1 aliphatic heterocycles. The third-order valence-corrected chi connectivity index (χ3v) is 4.15. The Bertz CT molecular complexity index is 392. The topological polar surface area (TPSA) is 15.3 Å². The van der Waals surface area contributed by atoms with E-state index >= 15 is 0 Å². The van der Waals surface area contributed by atoms with Crippen LogP contribution in [0.25, 0.3) is 0 Å². The smallest absolute Gasteiger partial charge is 0.0415 e. The second kappa shape index (κ2) is 5.40. The van der Waals surface area contributed by atoms with E-state index in [1.54, 1.807) is 0 Å². The molecule has 0 aromatic heterocycles. The molecule has 3 heteroatoms. The molecule has 1 aliphatic rings. The first-order chi connectivity index (χ1) is 8.11. The lowest BCUT2D eigenvalue weighted by Gasteiger charge is -2.25. The number of hydrogen-bond acceptors (Lipinski definition) is 2. The Labute approximate surface area is 113 Å². The lowest BCUT2D eigenvalue weighted by molar-refractivity contribution is 0.645. The molecule has 2 rings (SSSR count). The predicted molar refractivity (Wildman–Crippen MR) is 77.6 cm³/mol. The Balaban J connectivity index is 2.32. The minimum absolute atomic E-state index is 0.387. The summed E-state index contributed by atoms with van der Waals surface area (Å²) in [7, 11) is 2.02. The second-order valence-electron chi connectivity index (χ2n) is 5.05. The number of nitrogens with zero attached hydrogens (tertiary/aromatic N) is 1. The molecule has 1 fully saturated rings. The van der Waals surface area contributed by atoms with E-state index in [9.17, 15) is 0 Å². The fraction of sp³-hybridized carbons (Fsp3) is 0.571. The zero-order valence-corrected chi connectivity index (χ0v) is 12.4. The molecule has 0 saturated carbocycles. The fourth-order valence-electron chi connectivity index (χ4n) is 2.47. The van der Waals surface area contributed by atoms with Crippen molar-refractivity contribution in [3.8, 4) is 0 Å². The molecule has 0 spiro atoms. The molecule has 2 atom stereocenters.